The summed E-state index contributed by atoms with van der Waals surface area (Å²) in [4.78, 5) is 37.0. The third-order valence-electron chi connectivity index (χ3n) is 6.08. The van der Waals surface area contributed by atoms with Gasteiger partial charge in [0.25, 0.3) is 5.78 Å². The van der Waals surface area contributed by atoms with Crippen molar-refractivity contribution in [2.45, 2.75) is 18.9 Å². The van der Waals surface area contributed by atoms with Crippen LogP contribution in [0.3, 0.4) is 0 Å². The summed E-state index contributed by atoms with van der Waals surface area (Å²) in [6, 6.07) is 17.3. The Kier molecular flexibility index (Phi) is 4.88. The number of aliphatic hydroxyl groups excluding tert-OH is 1. The second-order valence-electron chi connectivity index (χ2n) is 8.16. The predicted molar refractivity (Wildman–Crippen MR) is 129 cm³/mol. The number of fused-ring (bicyclic) bond motifs is 2. The van der Waals surface area contributed by atoms with E-state index in [2.05, 4.69) is 9.97 Å². The van der Waals surface area contributed by atoms with Crippen LogP contribution in [0.2, 0.25) is 0 Å². The summed E-state index contributed by atoms with van der Waals surface area (Å²) in [6.45, 7) is 0.658. The summed E-state index contributed by atoms with van der Waals surface area (Å²) in [6.07, 6.45) is 3.30. The van der Waals surface area contributed by atoms with Crippen LogP contribution in [-0.4, -0.2) is 33.4 Å². The van der Waals surface area contributed by atoms with Gasteiger partial charge in [-0.05, 0) is 60.9 Å². The monoisotopic (exact) mass is 469 g/mol. The zero-order valence-electron chi connectivity index (χ0n) is 18.0. The van der Waals surface area contributed by atoms with Gasteiger partial charge < -0.3 is 9.84 Å². The summed E-state index contributed by atoms with van der Waals surface area (Å²) in [5.41, 5.74) is 2.64. The van der Waals surface area contributed by atoms with Gasteiger partial charge >= 0.3 is 5.91 Å². The highest BCUT2D eigenvalue weighted by Crippen LogP contribution is 2.44. The Morgan fingerprint density at radius 3 is 2.76 bits per heavy atom. The van der Waals surface area contributed by atoms with Gasteiger partial charge in [0.2, 0.25) is 0 Å². The molecule has 2 aromatic heterocycles. The molecule has 1 N–H and O–H groups in total. The van der Waals surface area contributed by atoms with Gasteiger partial charge in [0.05, 0.1) is 28.1 Å². The first kappa shape index (κ1) is 20.6. The van der Waals surface area contributed by atoms with Crippen molar-refractivity contribution >= 4 is 44.1 Å². The maximum absolute atomic E-state index is 13.3. The average molecular weight is 470 g/mol. The first-order chi connectivity index (χ1) is 16.6. The lowest BCUT2D eigenvalue weighted by Crippen LogP contribution is -2.29. The minimum absolute atomic E-state index is 0.000339. The Morgan fingerprint density at radius 2 is 1.94 bits per heavy atom. The van der Waals surface area contributed by atoms with Gasteiger partial charge in [-0.25, -0.2) is 4.98 Å². The van der Waals surface area contributed by atoms with Crippen LogP contribution in [0.25, 0.3) is 16.0 Å². The van der Waals surface area contributed by atoms with Crippen LogP contribution in [-0.2, 0) is 16.0 Å². The molecule has 8 heteroatoms. The number of aromatic nitrogens is 2. The summed E-state index contributed by atoms with van der Waals surface area (Å²) >= 11 is 1.32. The molecule has 2 aliphatic heterocycles. The molecule has 4 aromatic rings. The van der Waals surface area contributed by atoms with Crippen LogP contribution in [0.15, 0.2) is 72.4 Å². The van der Waals surface area contributed by atoms with E-state index >= 15 is 0 Å². The van der Waals surface area contributed by atoms with Crippen LogP contribution in [0.1, 0.15) is 29.3 Å². The Bertz CT molecular complexity index is 1440. The van der Waals surface area contributed by atoms with Gasteiger partial charge in [0.15, 0.2) is 5.13 Å². The highest BCUT2D eigenvalue weighted by atomic mass is 32.1. The van der Waals surface area contributed by atoms with E-state index in [0.717, 1.165) is 34.4 Å². The maximum atomic E-state index is 13.3. The summed E-state index contributed by atoms with van der Waals surface area (Å²) in [5, 5.41) is 11.7. The van der Waals surface area contributed by atoms with E-state index in [1.165, 1.54) is 16.2 Å². The summed E-state index contributed by atoms with van der Waals surface area (Å²) < 4.78 is 6.57. The van der Waals surface area contributed by atoms with E-state index in [-0.39, 0.29) is 11.3 Å². The van der Waals surface area contributed by atoms with Crippen molar-refractivity contribution in [2.75, 3.05) is 11.5 Å². The van der Waals surface area contributed by atoms with Crippen LogP contribution < -0.4 is 9.64 Å². The van der Waals surface area contributed by atoms with Gasteiger partial charge in [-0.2, -0.15) is 0 Å². The van der Waals surface area contributed by atoms with Crippen LogP contribution >= 0.6 is 11.3 Å². The number of aliphatic hydroxyl groups is 1. The molecule has 1 unspecified atom stereocenters. The van der Waals surface area contributed by atoms with E-state index in [0.29, 0.717) is 23.0 Å². The zero-order valence-corrected chi connectivity index (χ0v) is 18.8. The number of hydrogen-bond acceptors (Lipinski definition) is 7. The van der Waals surface area contributed by atoms with E-state index in [9.17, 15) is 14.7 Å². The number of nitrogens with zero attached hydrogens (tertiary/aromatic N) is 3. The van der Waals surface area contributed by atoms with Gasteiger partial charge in [-0.3, -0.25) is 19.5 Å². The number of para-hydroxylation sites is 1. The Balaban J connectivity index is 1.53. The molecule has 7 nitrogen and oxygen atoms in total. The van der Waals surface area contributed by atoms with Crippen LogP contribution in [0.5, 0.6) is 5.75 Å². The number of carbonyl (C=O) groups excluding carboxylic acids is 2. The molecule has 34 heavy (non-hydrogen) atoms. The van der Waals surface area contributed by atoms with Crippen molar-refractivity contribution < 1.29 is 19.4 Å². The van der Waals surface area contributed by atoms with Gasteiger partial charge in [-0.15, -0.1) is 0 Å². The lowest BCUT2D eigenvalue weighted by molar-refractivity contribution is -0.132. The third kappa shape index (κ3) is 3.26. The number of thiazole rings is 1. The number of ether oxygens (including phenoxy) is 1. The lowest BCUT2D eigenvalue weighted by atomic mass is 9.96. The SMILES string of the molecule is O=C1C(=O)N(c2nc3ccccc3s2)C(c2ccccn2)/C1=C(\O)c1ccc2c(c1)CCCO2. The zero-order chi connectivity index (χ0) is 23.2. The third-order valence-corrected chi connectivity index (χ3v) is 7.12. The first-order valence-corrected chi connectivity index (χ1v) is 11.8. The molecule has 0 aliphatic carbocycles. The van der Waals surface area contributed by atoms with Crippen molar-refractivity contribution in [3.05, 3.63) is 89.3 Å². The normalized spacial score (nSPS) is 19.3. The quantitative estimate of drug-likeness (QED) is 0.267. The molecule has 4 heterocycles. The lowest BCUT2D eigenvalue weighted by Gasteiger charge is -2.22. The number of ketones is 1. The van der Waals surface area contributed by atoms with Crippen LogP contribution in [0.4, 0.5) is 5.13 Å². The van der Waals surface area contributed by atoms with Crippen molar-refractivity contribution in [1.29, 1.82) is 0 Å². The molecule has 1 saturated heterocycles. The number of rotatable bonds is 3. The Labute approximate surface area is 199 Å². The molecule has 1 atom stereocenters. The van der Waals surface area contributed by atoms with Crippen molar-refractivity contribution in [1.82, 2.24) is 9.97 Å². The number of Topliss-reactive ketones (excluding diaryl/α,β-unsaturated/α-hetero) is 1. The number of hydrogen-bond donors (Lipinski definition) is 1. The van der Waals surface area contributed by atoms with Gasteiger partial charge in [-0.1, -0.05) is 29.5 Å². The molecule has 0 spiro atoms. The minimum Gasteiger partial charge on any atom is -0.507 e. The second-order valence-corrected chi connectivity index (χ2v) is 9.17. The molecule has 0 saturated carbocycles. The van der Waals surface area contributed by atoms with E-state index in [4.69, 9.17) is 4.74 Å². The summed E-state index contributed by atoms with van der Waals surface area (Å²) in [5.74, 6) is -0.955. The largest absolute Gasteiger partial charge is 0.507 e. The molecule has 6 rings (SSSR count). The van der Waals surface area contributed by atoms with Gasteiger partial charge in [0, 0.05) is 11.8 Å². The second kappa shape index (κ2) is 8.07. The summed E-state index contributed by atoms with van der Waals surface area (Å²) in [7, 11) is 0. The first-order valence-electron chi connectivity index (χ1n) is 11.0. The Morgan fingerprint density at radius 1 is 1.09 bits per heavy atom. The molecule has 2 aliphatic rings. The molecule has 168 valence electrons. The molecular weight excluding hydrogens is 450 g/mol. The average Bonchev–Trinajstić information content (AvgIpc) is 3.42. The Hall–Kier alpha value is -4.04. The van der Waals surface area contributed by atoms with Crippen molar-refractivity contribution in [2.24, 2.45) is 0 Å². The minimum atomic E-state index is -0.894. The fourth-order valence-electron chi connectivity index (χ4n) is 4.47. The van der Waals surface area contributed by atoms with E-state index in [1.54, 1.807) is 36.5 Å². The standard InChI is InChI=1S/C26H19N3O4S/c30-23(16-10-11-19-15(14-16)6-5-13-33-19)21-22(18-8-3-4-12-27-18)29(25(32)24(21)31)26-28-17-7-1-2-9-20(17)34-26/h1-4,7-12,14,22,30H,5-6,13H2/b23-21+. The molecular formula is C26H19N3O4S. The topological polar surface area (TPSA) is 92.6 Å². The van der Waals surface area contributed by atoms with Gasteiger partial charge in [0.1, 0.15) is 17.6 Å². The highest BCUT2D eigenvalue weighted by molar-refractivity contribution is 7.22. The fourth-order valence-corrected chi connectivity index (χ4v) is 5.47. The molecule has 0 bridgehead atoms. The highest BCUT2D eigenvalue weighted by Gasteiger charge is 2.48. The van der Waals surface area contributed by atoms with Crippen molar-refractivity contribution in [3.63, 3.8) is 0 Å². The van der Waals surface area contributed by atoms with Crippen molar-refractivity contribution in [3.8, 4) is 5.75 Å². The number of pyridine rings is 1. The smallest absolute Gasteiger partial charge is 0.301 e. The predicted octanol–water partition coefficient (Wildman–Crippen LogP) is 4.64. The molecule has 1 fully saturated rings. The number of aryl methyl sites for hydroxylation is 1. The molecule has 0 radical (unpaired) electrons. The number of benzene rings is 2. The fraction of sp³-hybridized carbons (Fsp3) is 0.154. The number of amides is 1. The van der Waals surface area contributed by atoms with Crippen LogP contribution in [0, 0.1) is 0 Å². The number of carbonyl (C=O) groups is 2. The number of anilines is 1. The van der Waals surface area contributed by atoms with E-state index < -0.39 is 17.7 Å². The maximum Gasteiger partial charge on any atom is 0.301 e. The molecule has 1 amide bonds. The van der Waals surface area contributed by atoms with E-state index in [1.807, 2.05) is 30.3 Å². The molecule has 2 aromatic carbocycles.